The number of hydrogen-bond donors (Lipinski definition) is 1. The molecular formula is C23H26N4O2. The molecule has 0 atom stereocenters. The number of hydrogen-bond acceptors (Lipinski definition) is 4. The second kappa shape index (κ2) is 8.49. The number of nitrogens with one attached hydrogen (secondary N) is 1. The van der Waals surface area contributed by atoms with Crippen LogP contribution in [0.3, 0.4) is 0 Å². The minimum absolute atomic E-state index is 0.0440. The molecule has 2 amide bonds. The molecule has 1 N–H and O–H groups in total. The van der Waals surface area contributed by atoms with Gasteiger partial charge in [0.1, 0.15) is 5.76 Å². The largest absolute Gasteiger partial charge is 0.441 e. The first kappa shape index (κ1) is 19.2. The first-order chi connectivity index (χ1) is 14.1. The van der Waals surface area contributed by atoms with Crippen molar-refractivity contribution in [2.75, 3.05) is 31.5 Å². The second-order valence-electron chi connectivity index (χ2n) is 7.45. The molecule has 0 bridgehead atoms. The summed E-state index contributed by atoms with van der Waals surface area (Å²) in [7, 11) is 0. The van der Waals surface area contributed by atoms with Crippen molar-refractivity contribution in [1.82, 2.24) is 14.8 Å². The van der Waals surface area contributed by atoms with E-state index in [1.807, 2.05) is 73.3 Å². The lowest BCUT2D eigenvalue weighted by Crippen LogP contribution is -2.49. The molecule has 1 aliphatic rings. The van der Waals surface area contributed by atoms with Gasteiger partial charge in [0.05, 0.1) is 5.69 Å². The van der Waals surface area contributed by atoms with Gasteiger partial charge >= 0.3 is 6.03 Å². The van der Waals surface area contributed by atoms with Gasteiger partial charge < -0.3 is 14.6 Å². The van der Waals surface area contributed by atoms with Crippen molar-refractivity contribution in [1.29, 1.82) is 0 Å². The highest BCUT2D eigenvalue weighted by molar-refractivity contribution is 5.89. The number of nitrogens with zero attached hydrogens (tertiary/aromatic N) is 3. The van der Waals surface area contributed by atoms with Crippen LogP contribution < -0.4 is 5.32 Å². The molecule has 4 rings (SSSR count). The lowest BCUT2D eigenvalue weighted by Gasteiger charge is -2.34. The second-order valence-corrected chi connectivity index (χ2v) is 7.45. The third-order valence-electron chi connectivity index (χ3n) is 5.25. The Hall–Kier alpha value is -3.12. The number of oxazole rings is 1. The van der Waals surface area contributed by atoms with Gasteiger partial charge in [-0.1, -0.05) is 35.9 Å². The van der Waals surface area contributed by atoms with E-state index in [1.54, 1.807) is 0 Å². The fraction of sp³-hybridized carbons (Fsp3) is 0.304. The van der Waals surface area contributed by atoms with E-state index in [0.29, 0.717) is 19.0 Å². The van der Waals surface area contributed by atoms with Crippen LogP contribution >= 0.6 is 0 Å². The molecule has 150 valence electrons. The molecule has 3 aromatic rings. The van der Waals surface area contributed by atoms with Gasteiger partial charge in [-0.15, -0.1) is 0 Å². The van der Waals surface area contributed by atoms with E-state index in [9.17, 15) is 4.79 Å². The van der Waals surface area contributed by atoms with Crippen LogP contribution in [-0.2, 0) is 6.54 Å². The van der Waals surface area contributed by atoms with Gasteiger partial charge in [0.15, 0.2) is 0 Å². The average Bonchev–Trinajstić information content (AvgIpc) is 3.11. The normalized spacial score (nSPS) is 14.8. The highest BCUT2D eigenvalue weighted by Gasteiger charge is 2.23. The molecule has 0 unspecified atom stereocenters. The van der Waals surface area contributed by atoms with Crippen molar-refractivity contribution < 1.29 is 9.21 Å². The standard InChI is InChI=1S/C23H26N4O2/c1-17-8-10-20(11-9-17)24-23(28)27-14-12-26(13-15-27)16-21-18(2)29-22(25-21)19-6-4-3-5-7-19/h3-11H,12-16H2,1-2H3,(H,24,28). The minimum atomic E-state index is -0.0440. The van der Waals surface area contributed by atoms with E-state index >= 15 is 0 Å². The van der Waals surface area contributed by atoms with Crippen LogP contribution in [0.5, 0.6) is 0 Å². The van der Waals surface area contributed by atoms with Crippen LogP contribution in [0.1, 0.15) is 17.0 Å². The number of piperazine rings is 1. The predicted octanol–water partition coefficient (Wildman–Crippen LogP) is 4.31. The third kappa shape index (κ3) is 4.66. The van der Waals surface area contributed by atoms with Gasteiger partial charge in [0.2, 0.25) is 5.89 Å². The molecule has 2 heterocycles. The van der Waals surface area contributed by atoms with Gasteiger partial charge in [-0.2, -0.15) is 0 Å². The molecule has 1 fully saturated rings. The Labute approximate surface area is 171 Å². The van der Waals surface area contributed by atoms with Crippen molar-refractivity contribution in [2.24, 2.45) is 0 Å². The average molecular weight is 390 g/mol. The molecule has 0 saturated carbocycles. The lowest BCUT2D eigenvalue weighted by atomic mass is 10.2. The maximum Gasteiger partial charge on any atom is 0.321 e. The van der Waals surface area contributed by atoms with E-state index in [-0.39, 0.29) is 6.03 Å². The number of benzene rings is 2. The smallest absolute Gasteiger partial charge is 0.321 e. The molecular weight excluding hydrogens is 364 g/mol. The zero-order chi connectivity index (χ0) is 20.2. The Kier molecular flexibility index (Phi) is 5.62. The predicted molar refractivity (Wildman–Crippen MR) is 114 cm³/mol. The summed E-state index contributed by atoms with van der Waals surface area (Å²) in [5.41, 5.74) is 3.95. The summed E-state index contributed by atoms with van der Waals surface area (Å²) in [6, 6.07) is 17.8. The summed E-state index contributed by atoms with van der Waals surface area (Å²) >= 11 is 0. The number of carbonyl (C=O) groups is 1. The number of aromatic nitrogens is 1. The Bertz CT molecular complexity index is 958. The number of urea groups is 1. The Balaban J connectivity index is 1.31. The van der Waals surface area contributed by atoms with E-state index < -0.39 is 0 Å². The van der Waals surface area contributed by atoms with Gasteiger partial charge in [0, 0.05) is 44.0 Å². The molecule has 6 heteroatoms. The van der Waals surface area contributed by atoms with Crippen LogP contribution in [0.25, 0.3) is 11.5 Å². The first-order valence-corrected chi connectivity index (χ1v) is 9.95. The van der Waals surface area contributed by atoms with Crippen molar-refractivity contribution in [3.8, 4) is 11.5 Å². The fourth-order valence-corrected chi connectivity index (χ4v) is 3.44. The number of rotatable bonds is 4. The van der Waals surface area contributed by atoms with Crippen LogP contribution in [-0.4, -0.2) is 47.0 Å². The van der Waals surface area contributed by atoms with Crippen LogP contribution in [0.15, 0.2) is 59.0 Å². The SMILES string of the molecule is Cc1ccc(NC(=O)N2CCN(Cc3nc(-c4ccccc4)oc3C)CC2)cc1. The van der Waals surface area contributed by atoms with Crippen molar-refractivity contribution in [2.45, 2.75) is 20.4 Å². The van der Waals surface area contributed by atoms with Gasteiger partial charge in [0.25, 0.3) is 0 Å². The van der Waals surface area contributed by atoms with E-state index in [1.165, 1.54) is 5.56 Å². The molecule has 29 heavy (non-hydrogen) atoms. The summed E-state index contributed by atoms with van der Waals surface area (Å²) in [6.07, 6.45) is 0. The third-order valence-corrected chi connectivity index (χ3v) is 5.25. The molecule has 1 aliphatic heterocycles. The number of anilines is 1. The minimum Gasteiger partial charge on any atom is -0.441 e. The zero-order valence-electron chi connectivity index (χ0n) is 16.9. The summed E-state index contributed by atoms with van der Waals surface area (Å²) in [5.74, 6) is 1.51. The molecule has 0 aliphatic carbocycles. The topological polar surface area (TPSA) is 61.6 Å². The van der Waals surface area contributed by atoms with Gasteiger partial charge in [-0.25, -0.2) is 9.78 Å². The maximum absolute atomic E-state index is 12.5. The van der Waals surface area contributed by atoms with Crippen molar-refractivity contribution in [3.05, 3.63) is 71.6 Å². The van der Waals surface area contributed by atoms with E-state index in [4.69, 9.17) is 4.42 Å². The zero-order valence-corrected chi connectivity index (χ0v) is 16.9. The fourth-order valence-electron chi connectivity index (χ4n) is 3.44. The Morgan fingerprint density at radius 2 is 1.69 bits per heavy atom. The summed E-state index contributed by atoms with van der Waals surface area (Å²) in [5, 5.41) is 2.98. The van der Waals surface area contributed by atoms with Gasteiger partial charge in [-0.3, -0.25) is 4.90 Å². The summed E-state index contributed by atoms with van der Waals surface area (Å²) < 4.78 is 5.86. The quantitative estimate of drug-likeness (QED) is 0.721. The van der Waals surface area contributed by atoms with Gasteiger partial charge in [-0.05, 0) is 38.1 Å². The highest BCUT2D eigenvalue weighted by Crippen LogP contribution is 2.22. The van der Waals surface area contributed by atoms with Crippen LogP contribution in [0, 0.1) is 13.8 Å². The summed E-state index contributed by atoms with van der Waals surface area (Å²) in [6.45, 7) is 7.74. The first-order valence-electron chi connectivity index (χ1n) is 9.95. The van der Waals surface area contributed by atoms with Crippen molar-refractivity contribution in [3.63, 3.8) is 0 Å². The maximum atomic E-state index is 12.5. The monoisotopic (exact) mass is 390 g/mol. The Morgan fingerprint density at radius 3 is 2.38 bits per heavy atom. The molecule has 0 spiro atoms. The lowest BCUT2D eigenvalue weighted by molar-refractivity contribution is 0.141. The molecule has 0 radical (unpaired) electrons. The summed E-state index contributed by atoms with van der Waals surface area (Å²) in [4.78, 5) is 21.4. The van der Waals surface area contributed by atoms with Crippen LogP contribution in [0.2, 0.25) is 0 Å². The van der Waals surface area contributed by atoms with Crippen LogP contribution in [0.4, 0.5) is 10.5 Å². The number of amides is 2. The van der Waals surface area contributed by atoms with E-state index in [2.05, 4.69) is 15.2 Å². The van der Waals surface area contributed by atoms with E-state index in [0.717, 1.165) is 42.3 Å². The highest BCUT2D eigenvalue weighted by atomic mass is 16.4. The number of carbonyl (C=O) groups excluding carboxylic acids is 1. The van der Waals surface area contributed by atoms with Crippen molar-refractivity contribution >= 4 is 11.7 Å². The molecule has 1 saturated heterocycles. The Morgan fingerprint density at radius 1 is 1.00 bits per heavy atom. The molecule has 2 aromatic carbocycles. The molecule has 1 aromatic heterocycles. The number of aryl methyl sites for hydroxylation is 2. The molecule has 6 nitrogen and oxygen atoms in total.